The molecule has 5 nitrogen and oxygen atoms in total. The van der Waals surface area contributed by atoms with Crippen molar-refractivity contribution in [3.05, 3.63) is 78.4 Å². The van der Waals surface area contributed by atoms with Crippen LogP contribution in [0.1, 0.15) is 10.5 Å². The summed E-state index contributed by atoms with van der Waals surface area (Å²) < 4.78 is 33.0. The Balaban J connectivity index is 1.63. The highest BCUT2D eigenvalue weighted by Gasteiger charge is 2.17. The Morgan fingerprint density at radius 1 is 1.08 bits per heavy atom. The monoisotopic (exact) mass is 357 g/mol. The molecule has 0 spiro atoms. The molecule has 0 aliphatic carbocycles. The van der Waals surface area contributed by atoms with E-state index in [4.69, 9.17) is 4.74 Å². The van der Waals surface area contributed by atoms with Crippen LogP contribution in [-0.4, -0.2) is 40.6 Å². The van der Waals surface area contributed by atoms with Gasteiger partial charge < -0.3 is 9.64 Å². The zero-order chi connectivity index (χ0) is 18.5. The van der Waals surface area contributed by atoms with Gasteiger partial charge in [-0.25, -0.2) is 13.8 Å². The first-order chi connectivity index (χ1) is 12.5. The maximum atomic E-state index is 13.1. The van der Waals surface area contributed by atoms with E-state index in [0.29, 0.717) is 23.7 Å². The van der Waals surface area contributed by atoms with Gasteiger partial charge in [-0.2, -0.15) is 0 Å². The van der Waals surface area contributed by atoms with Gasteiger partial charge in [0.1, 0.15) is 29.7 Å². The van der Waals surface area contributed by atoms with Crippen molar-refractivity contribution in [3.63, 3.8) is 0 Å². The van der Waals surface area contributed by atoms with Gasteiger partial charge in [-0.1, -0.05) is 0 Å². The summed E-state index contributed by atoms with van der Waals surface area (Å²) in [5.74, 6) is -0.395. The number of aromatic nitrogens is 2. The number of imidazole rings is 1. The summed E-state index contributed by atoms with van der Waals surface area (Å²) in [6.45, 7) is 0.601. The molecule has 2 aromatic carbocycles. The minimum absolute atomic E-state index is 0.241. The van der Waals surface area contributed by atoms with Crippen molar-refractivity contribution in [2.45, 2.75) is 0 Å². The molecule has 0 N–H and O–H groups in total. The Morgan fingerprint density at radius 2 is 1.69 bits per heavy atom. The summed E-state index contributed by atoms with van der Waals surface area (Å²) >= 11 is 0. The number of rotatable bonds is 6. The summed E-state index contributed by atoms with van der Waals surface area (Å²) in [6.07, 6.45) is 2.96. The van der Waals surface area contributed by atoms with Crippen LogP contribution in [0.4, 0.5) is 8.78 Å². The molecule has 1 amide bonds. The fraction of sp³-hybridized carbons (Fsp3) is 0.158. The summed E-state index contributed by atoms with van der Waals surface area (Å²) in [6, 6.07) is 11.5. The van der Waals surface area contributed by atoms with Crippen molar-refractivity contribution in [3.8, 4) is 11.4 Å². The van der Waals surface area contributed by atoms with E-state index in [9.17, 15) is 13.6 Å². The van der Waals surface area contributed by atoms with Gasteiger partial charge in [-0.15, -0.1) is 0 Å². The molecule has 0 aliphatic rings. The van der Waals surface area contributed by atoms with Crippen molar-refractivity contribution in [2.75, 3.05) is 20.2 Å². The number of carbonyl (C=O) groups is 1. The third-order valence-electron chi connectivity index (χ3n) is 3.82. The zero-order valence-electron chi connectivity index (χ0n) is 14.1. The fourth-order valence-electron chi connectivity index (χ4n) is 2.39. The number of amides is 1. The van der Waals surface area contributed by atoms with E-state index >= 15 is 0 Å². The molecule has 0 fully saturated rings. The first-order valence-electron chi connectivity index (χ1n) is 7.97. The van der Waals surface area contributed by atoms with Crippen LogP contribution in [0.15, 0.2) is 61.1 Å². The molecule has 7 heteroatoms. The highest BCUT2D eigenvalue weighted by Crippen LogP contribution is 2.14. The van der Waals surface area contributed by atoms with Crippen LogP contribution in [0.25, 0.3) is 5.69 Å². The highest BCUT2D eigenvalue weighted by atomic mass is 19.1. The van der Waals surface area contributed by atoms with Crippen LogP contribution in [0, 0.1) is 11.6 Å². The zero-order valence-corrected chi connectivity index (χ0v) is 14.1. The van der Waals surface area contributed by atoms with E-state index in [1.165, 1.54) is 53.8 Å². The topological polar surface area (TPSA) is 47.4 Å². The molecule has 1 aromatic heterocycles. The van der Waals surface area contributed by atoms with E-state index in [0.717, 1.165) is 0 Å². The number of benzene rings is 2. The fourth-order valence-corrected chi connectivity index (χ4v) is 2.39. The number of carbonyl (C=O) groups excluding carboxylic acids is 1. The standard InChI is InChI=1S/C19H17F2N3O2/c1-23(10-11-26-17-8-4-15(21)5-9-17)19(25)18-12-22-13-24(18)16-6-2-14(20)3-7-16/h2-9,12-13H,10-11H2,1H3. The summed E-state index contributed by atoms with van der Waals surface area (Å²) in [5.41, 5.74) is 1.00. The smallest absolute Gasteiger partial charge is 0.272 e. The molecular weight excluding hydrogens is 340 g/mol. The molecule has 0 unspecified atom stereocenters. The molecule has 3 aromatic rings. The number of hydrogen-bond acceptors (Lipinski definition) is 3. The molecule has 3 rings (SSSR count). The Labute approximate surface area is 149 Å². The molecule has 134 valence electrons. The number of ether oxygens (including phenoxy) is 1. The van der Waals surface area contributed by atoms with Gasteiger partial charge in [0.25, 0.3) is 5.91 Å². The molecule has 0 saturated heterocycles. The lowest BCUT2D eigenvalue weighted by atomic mass is 10.3. The largest absolute Gasteiger partial charge is 0.492 e. The minimum Gasteiger partial charge on any atom is -0.492 e. The number of nitrogens with zero attached hydrogens (tertiary/aromatic N) is 3. The van der Waals surface area contributed by atoms with Crippen LogP contribution in [0.3, 0.4) is 0 Å². The maximum Gasteiger partial charge on any atom is 0.272 e. The lowest BCUT2D eigenvalue weighted by Crippen LogP contribution is -2.32. The highest BCUT2D eigenvalue weighted by molar-refractivity contribution is 5.92. The molecule has 0 saturated carbocycles. The van der Waals surface area contributed by atoms with Gasteiger partial charge in [0.15, 0.2) is 0 Å². The Kier molecular flexibility index (Phi) is 5.26. The minimum atomic E-state index is -0.350. The van der Waals surface area contributed by atoms with Gasteiger partial charge in [0.2, 0.25) is 0 Å². The van der Waals surface area contributed by atoms with Crippen LogP contribution in [-0.2, 0) is 0 Å². The quantitative estimate of drug-likeness (QED) is 0.680. The Bertz CT molecular complexity index is 877. The average Bonchev–Trinajstić information content (AvgIpc) is 3.13. The van der Waals surface area contributed by atoms with Gasteiger partial charge in [-0.3, -0.25) is 9.36 Å². The van der Waals surface area contributed by atoms with Crippen molar-refractivity contribution < 1.29 is 18.3 Å². The molecule has 1 heterocycles. The van der Waals surface area contributed by atoms with Gasteiger partial charge in [0, 0.05) is 12.7 Å². The lowest BCUT2D eigenvalue weighted by Gasteiger charge is -2.18. The summed E-state index contributed by atoms with van der Waals surface area (Å²) in [7, 11) is 1.65. The van der Waals surface area contributed by atoms with E-state index < -0.39 is 0 Å². The molecule has 0 bridgehead atoms. The second-order valence-electron chi connectivity index (χ2n) is 5.65. The average molecular weight is 357 g/mol. The second kappa shape index (κ2) is 7.77. The van der Waals surface area contributed by atoms with E-state index in [1.54, 1.807) is 23.7 Å². The molecule has 26 heavy (non-hydrogen) atoms. The normalized spacial score (nSPS) is 10.6. The SMILES string of the molecule is CN(CCOc1ccc(F)cc1)C(=O)c1cncn1-c1ccc(F)cc1. The van der Waals surface area contributed by atoms with Crippen molar-refractivity contribution >= 4 is 5.91 Å². The maximum absolute atomic E-state index is 13.1. The number of hydrogen-bond donors (Lipinski definition) is 0. The van der Waals surface area contributed by atoms with Crippen molar-refractivity contribution in [1.29, 1.82) is 0 Å². The lowest BCUT2D eigenvalue weighted by molar-refractivity contribution is 0.0766. The van der Waals surface area contributed by atoms with Crippen LogP contribution in [0.2, 0.25) is 0 Å². The predicted molar refractivity (Wildman–Crippen MR) is 92.4 cm³/mol. The Hall–Kier alpha value is -3.22. The van der Waals surface area contributed by atoms with Crippen LogP contribution >= 0.6 is 0 Å². The first-order valence-corrected chi connectivity index (χ1v) is 7.97. The van der Waals surface area contributed by atoms with Crippen LogP contribution < -0.4 is 4.74 Å². The molecular formula is C19H17F2N3O2. The molecule has 0 aliphatic heterocycles. The van der Waals surface area contributed by atoms with Crippen LogP contribution in [0.5, 0.6) is 5.75 Å². The third kappa shape index (κ3) is 4.05. The van der Waals surface area contributed by atoms with Crippen molar-refractivity contribution in [2.24, 2.45) is 0 Å². The van der Waals surface area contributed by atoms with Gasteiger partial charge >= 0.3 is 0 Å². The van der Waals surface area contributed by atoms with E-state index in [1.807, 2.05) is 0 Å². The number of halogens is 2. The third-order valence-corrected chi connectivity index (χ3v) is 3.82. The first kappa shape index (κ1) is 17.6. The van der Waals surface area contributed by atoms with Gasteiger partial charge in [0.05, 0.1) is 19.1 Å². The molecule has 0 atom stereocenters. The molecule has 0 radical (unpaired) electrons. The summed E-state index contributed by atoms with van der Waals surface area (Å²) in [5, 5.41) is 0. The van der Waals surface area contributed by atoms with Gasteiger partial charge in [-0.05, 0) is 48.5 Å². The second-order valence-corrected chi connectivity index (χ2v) is 5.65. The Morgan fingerprint density at radius 3 is 2.35 bits per heavy atom. The summed E-state index contributed by atoms with van der Waals surface area (Å²) in [4.78, 5) is 18.2. The van der Waals surface area contributed by atoms with Crippen molar-refractivity contribution in [1.82, 2.24) is 14.5 Å². The van der Waals surface area contributed by atoms with E-state index in [2.05, 4.69) is 4.98 Å². The van der Waals surface area contributed by atoms with E-state index in [-0.39, 0.29) is 24.1 Å². The number of likely N-dealkylation sites (N-methyl/N-ethyl adjacent to an activating group) is 1. The predicted octanol–water partition coefficient (Wildman–Crippen LogP) is 3.30.